The van der Waals surface area contributed by atoms with E-state index in [4.69, 9.17) is 9.97 Å². The molecule has 5 heteroatoms. The Hall–Kier alpha value is -8.80. The zero-order chi connectivity index (χ0) is 45.8. The minimum atomic E-state index is -0.140. The van der Waals surface area contributed by atoms with E-state index in [-0.39, 0.29) is 11.2 Å². The summed E-state index contributed by atoms with van der Waals surface area (Å²) in [6.45, 7) is 4.57. The molecule has 0 aliphatic carbocycles. The van der Waals surface area contributed by atoms with Crippen molar-refractivity contribution in [3.05, 3.63) is 248 Å². The van der Waals surface area contributed by atoms with Crippen molar-refractivity contribution in [1.29, 1.82) is 0 Å². The summed E-state index contributed by atoms with van der Waals surface area (Å²) in [5.41, 5.74) is 17.3. The van der Waals surface area contributed by atoms with Gasteiger partial charge in [-0.2, -0.15) is 0 Å². The Morgan fingerprint density at radius 2 is 1.06 bits per heavy atom. The van der Waals surface area contributed by atoms with Crippen molar-refractivity contribution in [3.63, 3.8) is 0 Å². The lowest BCUT2D eigenvalue weighted by molar-refractivity contribution is 0.477. The van der Waals surface area contributed by atoms with Crippen molar-refractivity contribution >= 4 is 32.8 Å². The lowest BCUT2D eigenvalue weighted by Crippen LogP contribution is -2.18. The first-order valence-corrected chi connectivity index (χ1v) is 23.1. The molecule has 0 unspecified atom stereocenters. The molecule has 1 N–H and O–H groups in total. The Morgan fingerprint density at radius 1 is 0.426 bits per heavy atom. The minimum absolute atomic E-state index is 0.140. The third-order valence-electron chi connectivity index (χ3n) is 13.6. The zero-order valence-electron chi connectivity index (χ0n) is 37.8. The number of rotatable bonds is 9. The van der Waals surface area contributed by atoms with Crippen LogP contribution in [0.5, 0.6) is 5.75 Å². The van der Waals surface area contributed by atoms with Gasteiger partial charge in [0.25, 0.3) is 0 Å². The normalized spacial score (nSPS) is 11.7. The van der Waals surface area contributed by atoms with Gasteiger partial charge in [-0.15, -0.1) is 0 Å². The average Bonchev–Trinajstić information content (AvgIpc) is 3.96. The predicted molar refractivity (Wildman–Crippen MR) is 281 cm³/mol. The number of pyridine rings is 1. The molecule has 0 saturated heterocycles. The number of hydrogen-bond donors (Lipinski definition) is 1. The molecule has 0 spiro atoms. The van der Waals surface area contributed by atoms with Crippen molar-refractivity contribution in [2.45, 2.75) is 19.3 Å². The van der Waals surface area contributed by atoms with Crippen LogP contribution in [0, 0.1) is 0 Å². The van der Waals surface area contributed by atoms with E-state index in [0.717, 1.165) is 88.9 Å². The topological polar surface area (TPSA) is 55.9 Å². The summed E-state index contributed by atoms with van der Waals surface area (Å²) in [7, 11) is 0. The first-order chi connectivity index (χ1) is 33.4. The maximum Gasteiger partial charge on any atom is 0.149 e. The smallest absolute Gasteiger partial charge is 0.149 e. The van der Waals surface area contributed by atoms with Crippen molar-refractivity contribution in [2.24, 2.45) is 0 Å². The van der Waals surface area contributed by atoms with Crippen LogP contribution in [0.25, 0.3) is 100 Å². The summed E-state index contributed by atoms with van der Waals surface area (Å²) in [6, 6.07) is 80.7. The molecule has 0 aliphatic rings. The Morgan fingerprint density at radius 3 is 1.84 bits per heavy atom. The second-order valence-corrected chi connectivity index (χ2v) is 17.9. The number of phenolic OH excluding ortho intramolecular Hbond substituents is 1. The first kappa shape index (κ1) is 40.7. The highest BCUT2D eigenvalue weighted by Crippen LogP contribution is 2.45. The zero-order valence-corrected chi connectivity index (χ0v) is 37.8. The molecular formula is C63H46N4O. The van der Waals surface area contributed by atoms with E-state index in [1.165, 1.54) is 11.1 Å². The van der Waals surface area contributed by atoms with E-state index in [2.05, 4.69) is 223 Å². The number of aromatic nitrogens is 4. The van der Waals surface area contributed by atoms with Crippen LogP contribution in [0.3, 0.4) is 0 Å². The Balaban J connectivity index is 1.10. The third-order valence-corrected chi connectivity index (χ3v) is 13.6. The summed E-state index contributed by atoms with van der Waals surface area (Å²) in [5, 5.41) is 13.8. The Labute approximate surface area is 395 Å². The van der Waals surface area contributed by atoms with E-state index in [9.17, 15) is 5.11 Å². The fraction of sp³-hybridized carbons (Fsp3) is 0.0476. The molecule has 0 aliphatic heterocycles. The molecule has 12 aromatic rings. The molecule has 0 saturated carbocycles. The van der Waals surface area contributed by atoms with E-state index in [1.54, 1.807) is 6.07 Å². The molecule has 68 heavy (non-hydrogen) atoms. The van der Waals surface area contributed by atoms with Gasteiger partial charge in [0, 0.05) is 44.8 Å². The SMILES string of the molecule is CC(C)(c1ccccc1)c1ccc(-c2ccnc(-c3cc(-c4cccc5c4nc(-c4ccccc4O)n5-c4ccccc4-c4ccccc4)c4c5ccccc5n(-c5ccccc5)c4c3)c2)cc1. The molecule has 0 fully saturated rings. The van der Waals surface area contributed by atoms with Crippen molar-refractivity contribution < 1.29 is 5.11 Å². The van der Waals surface area contributed by atoms with Gasteiger partial charge in [0.05, 0.1) is 39.0 Å². The molecule has 0 atom stereocenters. The number of phenols is 1. The number of para-hydroxylation sites is 5. The molecule has 5 nitrogen and oxygen atoms in total. The quantitative estimate of drug-likeness (QED) is 0.157. The molecule has 324 valence electrons. The Kier molecular flexibility index (Phi) is 9.92. The number of aromatic hydroxyl groups is 1. The van der Waals surface area contributed by atoms with Crippen molar-refractivity contribution in [2.75, 3.05) is 0 Å². The first-order valence-electron chi connectivity index (χ1n) is 23.1. The van der Waals surface area contributed by atoms with Gasteiger partial charge in [0.15, 0.2) is 0 Å². The van der Waals surface area contributed by atoms with Crippen LogP contribution in [0.1, 0.15) is 25.0 Å². The van der Waals surface area contributed by atoms with Gasteiger partial charge in [-0.25, -0.2) is 4.98 Å². The van der Waals surface area contributed by atoms with Crippen LogP contribution < -0.4 is 0 Å². The molecule has 9 aromatic carbocycles. The number of hydrogen-bond acceptors (Lipinski definition) is 3. The Bertz CT molecular complexity index is 3810. The standard InChI is InChI=1S/C63H46N4O/c1-63(2,46-21-8-4-9-22-46)47-35-33-42(34-36-47)44-37-38-64-54(40-44)45-39-53(60-51-26-13-16-30-56(51)66(58(60)41-45)48-23-10-5-11-24-48)50-28-18-31-57-61(50)65-62(52-27-14-17-32-59(52)68)67(57)55-29-15-12-25-49(55)43-19-6-3-7-20-43/h3-41,68H,1-2H3. The monoisotopic (exact) mass is 874 g/mol. The van der Waals surface area contributed by atoms with E-state index in [1.807, 2.05) is 30.5 Å². The van der Waals surface area contributed by atoms with Gasteiger partial charge in [-0.05, 0) is 100 Å². The van der Waals surface area contributed by atoms with Gasteiger partial charge in [0.1, 0.15) is 11.6 Å². The highest BCUT2D eigenvalue weighted by Gasteiger charge is 2.26. The molecule has 12 rings (SSSR count). The van der Waals surface area contributed by atoms with E-state index in [0.29, 0.717) is 11.4 Å². The molecule has 0 radical (unpaired) electrons. The lowest BCUT2D eigenvalue weighted by atomic mass is 9.78. The molecule has 0 bridgehead atoms. The number of imidazole rings is 1. The maximum absolute atomic E-state index is 11.5. The van der Waals surface area contributed by atoms with Gasteiger partial charge in [0.2, 0.25) is 0 Å². The second-order valence-electron chi connectivity index (χ2n) is 17.9. The number of nitrogens with zero attached hydrogens (tertiary/aromatic N) is 4. The van der Waals surface area contributed by atoms with Crippen LogP contribution in [0.15, 0.2) is 237 Å². The highest BCUT2D eigenvalue weighted by atomic mass is 16.3. The maximum atomic E-state index is 11.5. The lowest BCUT2D eigenvalue weighted by Gasteiger charge is -2.26. The van der Waals surface area contributed by atoms with Crippen LogP contribution >= 0.6 is 0 Å². The van der Waals surface area contributed by atoms with Crippen molar-refractivity contribution in [1.82, 2.24) is 19.1 Å². The molecular weight excluding hydrogens is 829 g/mol. The fourth-order valence-electron chi connectivity index (χ4n) is 10.1. The third kappa shape index (κ3) is 6.87. The summed E-state index contributed by atoms with van der Waals surface area (Å²) in [6.07, 6.45) is 1.92. The second kappa shape index (κ2) is 16.6. The van der Waals surface area contributed by atoms with Crippen LogP contribution in [0.4, 0.5) is 0 Å². The number of fused-ring (bicyclic) bond motifs is 4. The number of benzene rings is 9. The average molecular weight is 875 g/mol. The molecule has 3 heterocycles. The summed E-state index contributed by atoms with van der Waals surface area (Å²) >= 11 is 0. The molecule has 3 aromatic heterocycles. The van der Waals surface area contributed by atoms with Crippen LogP contribution in [0.2, 0.25) is 0 Å². The van der Waals surface area contributed by atoms with E-state index < -0.39 is 0 Å². The van der Waals surface area contributed by atoms with Gasteiger partial charge >= 0.3 is 0 Å². The predicted octanol–water partition coefficient (Wildman–Crippen LogP) is 15.9. The van der Waals surface area contributed by atoms with Crippen molar-refractivity contribution in [3.8, 4) is 73.2 Å². The van der Waals surface area contributed by atoms with Gasteiger partial charge in [-0.1, -0.05) is 178 Å². The largest absolute Gasteiger partial charge is 0.507 e. The van der Waals surface area contributed by atoms with Gasteiger partial charge in [-0.3, -0.25) is 9.55 Å². The summed E-state index contributed by atoms with van der Waals surface area (Å²) in [4.78, 5) is 10.6. The van der Waals surface area contributed by atoms with Crippen LogP contribution in [-0.2, 0) is 5.41 Å². The summed E-state index contributed by atoms with van der Waals surface area (Å²) in [5.74, 6) is 0.819. The highest BCUT2D eigenvalue weighted by molar-refractivity contribution is 6.19. The fourth-order valence-corrected chi connectivity index (χ4v) is 10.1. The van der Waals surface area contributed by atoms with Gasteiger partial charge < -0.3 is 9.67 Å². The minimum Gasteiger partial charge on any atom is -0.507 e. The van der Waals surface area contributed by atoms with E-state index >= 15 is 0 Å². The van der Waals surface area contributed by atoms with Crippen LogP contribution in [-0.4, -0.2) is 24.2 Å². The summed E-state index contributed by atoms with van der Waals surface area (Å²) < 4.78 is 4.58. The molecule has 0 amide bonds.